The zero-order valence-corrected chi connectivity index (χ0v) is 23.8. The Balaban J connectivity index is 1.49. The maximum atomic E-state index is 15.3. The summed E-state index contributed by atoms with van der Waals surface area (Å²) in [4.78, 5) is 11.7. The molecular formula is C33H36FNO5. The van der Waals surface area contributed by atoms with Gasteiger partial charge in [0.15, 0.2) is 5.60 Å². The lowest BCUT2D eigenvalue weighted by Crippen LogP contribution is -2.25. The number of nitriles is 1. The fourth-order valence-corrected chi connectivity index (χ4v) is 5.26. The first-order chi connectivity index (χ1) is 19.0. The summed E-state index contributed by atoms with van der Waals surface area (Å²) in [6, 6.07) is 11.5. The topological polar surface area (TPSA) is 77.8 Å². The van der Waals surface area contributed by atoms with E-state index in [1.165, 1.54) is 13.2 Å². The first-order valence-corrected chi connectivity index (χ1v) is 13.5. The van der Waals surface area contributed by atoms with Crippen LogP contribution in [0.1, 0.15) is 67.7 Å². The maximum Gasteiger partial charge on any atom is 0.306 e. The van der Waals surface area contributed by atoms with Gasteiger partial charge in [0, 0.05) is 23.1 Å². The molecule has 6 nitrogen and oxygen atoms in total. The molecule has 0 saturated carbocycles. The lowest BCUT2D eigenvalue weighted by Gasteiger charge is -2.22. The van der Waals surface area contributed by atoms with Gasteiger partial charge in [-0.2, -0.15) is 5.26 Å². The highest BCUT2D eigenvalue weighted by Gasteiger charge is 2.28. The second kappa shape index (κ2) is 12.0. The highest BCUT2D eigenvalue weighted by molar-refractivity contribution is 5.73. The number of fused-ring (bicyclic) bond motifs is 1. The molecule has 0 amide bonds. The number of ether oxygens (including phenoxy) is 4. The summed E-state index contributed by atoms with van der Waals surface area (Å²) in [7, 11) is 1.37. The van der Waals surface area contributed by atoms with Crippen molar-refractivity contribution in [1.29, 1.82) is 5.26 Å². The van der Waals surface area contributed by atoms with Gasteiger partial charge in [0.05, 0.1) is 20.1 Å². The summed E-state index contributed by atoms with van der Waals surface area (Å²) in [6.07, 6.45) is 5.06. The van der Waals surface area contributed by atoms with Crippen molar-refractivity contribution >= 4 is 11.5 Å². The smallest absolute Gasteiger partial charge is 0.306 e. The first-order valence-electron chi connectivity index (χ1n) is 13.5. The standard InChI is InChI=1S/C33H36FNO5/c1-20-14-26(40-33(4,5)19-35)15-21(2)32(20)23-8-7-9-29(22(3)28(34)13-10-23)39-25-11-12-27-24(16-31(36)37-6)18-38-30(27)17-25/h10-15,17,24,29H,3,7-9,16,18H2,1-2,4-6H3/b23-10+,28-13+/t24-,29-/m1/s1. The third kappa shape index (κ3) is 6.56. The number of nitrogens with zero attached hydrogens (tertiary/aromatic N) is 1. The predicted molar refractivity (Wildman–Crippen MR) is 152 cm³/mol. The highest BCUT2D eigenvalue weighted by Crippen LogP contribution is 2.40. The van der Waals surface area contributed by atoms with Crippen molar-refractivity contribution in [2.24, 2.45) is 0 Å². The van der Waals surface area contributed by atoms with Crippen LogP contribution >= 0.6 is 0 Å². The Morgan fingerprint density at radius 2 is 1.90 bits per heavy atom. The molecule has 0 N–H and O–H groups in total. The van der Waals surface area contributed by atoms with Gasteiger partial charge in [-0.1, -0.05) is 18.7 Å². The molecule has 40 heavy (non-hydrogen) atoms. The van der Waals surface area contributed by atoms with E-state index in [-0.39, 0.29) is 18.3 Å². The van der Waals surface area contributed by atoms with Gasteiger partial charge in [-0.05, 0) is 93.5 Å². The third-order valence-electron chi connectivity index (χ3n) is 7.29. The molecule has 210 valence electrons. The molecule has 1 aliphatic heterocycles. The maximum absolute atomic E-state index is 15.3. The van der Waals surface area contributed by atoms with Gasteiger partial charge >= 0.3 is 5.97 Å². The second-order valence-electron chi connectivity index (χ2n) is 10.9. The molecule has 0 aromatic heterocycles. The minimum Gasteiger partial charge on any atom is -0.492 e. The molecule has 4 rings (SSSR count). The lowest BCUT2D eigenvalue weighted by atomic mass is 9.91. The van der Waals surface area contributed by atoms with Crippen LogP contribution in [0.25, 0.3) is 5.57 Å². The number of hydrogen-bond acceptors (Lipinski definition) is 6. The van der Waals surface area contributed by atoms with Gasteiger partial charge in [-0.15, -0.1) is 0 Å². The molecule has 0 spiro atoms. The van der Waals surface area contributed by atoms with E-state index in [0.717, 1.165) is 40.7 Å². The van der Waals surface area contributed by atoms with Crippen molar-refractivity contribution in [3.05, 3.63) is 82.7 Å². The first kappa shape index (κ1) is 28.9. The Labute approximate surface area is 235 Å². The molecule has 1 heterocycles. The molecule has 1 aliphatic carbocycles. The van der Waals surface area contributed by atoms with Gasteiger partial charge in [-0.3, -0.25) is 4.79 Å². The van der Waals surface area contributed by atoms with Crippen LogP contribution in [0.2, 0.25) is 0 Å². The summed E-state index contributed by atoms with van der Waals surface area (Å²) in [6.45, 7) is 11.9. The van der Waals surface area contributed by atoms with E-state index in [4.69, 9.17) is 18.9 Å². The zero-order valence-electron chi connectivity index (χ0n) is 23.8. The molecule has 0 bridgehead atoms. The molecule has 2 aliphatic rings. The molecule has 0 fully saturated rings. The lowest BCUT2D eigenvalue weighted by molar-refractivity contribution is -0.141. The largest absolute Gasteiger partial charge is 0.492 e. The zero-order chi connectivity index (χ0) is 29.0. The predicted octanol–water partition coefficient (Wildman–Crippen LogP) is 7.45. The monoisotopic (exact) mass is 545 g/mol. The number of hydrogen-bond donors (Lipinski definition) is 0. The Morgan fingerprint density at radius 1 is 1.18 bits per heavy atom. The molecule has 2 atom stereocenters. The number of aryl methyl sites for hydroxylation is 2. The van der Waals surface area contributed by atoms with Crippen molar-refractivity contribution in [3.8, 4) is 23.3 Å². The van der Waals surface area contributed by atoms with Gasteiger partial charge < -0.3 is 18.9 Å². The van der Waals surface area contributed by atoms with E-state index in [2.05, 4.69) is 12.6 Å². The average Bonchev–Trinajstić information content (AvgIpc) is 3.32. The van der Waals surface area contributed by atoms with Crippen LogP contribution < -0.4 is 14.2 Å². The fourth-order valence-electron chi connectivity index (χ4n) is 5.26. The average molecular weight is 546 g/mol. The molecule has 7 heteroatoms. The van der Waals surface area contributed by atoms with Crippen molar-refractivity contribution in [2.75, 3.05) is 13.7 Å². The number of carbonyl (C=O) groups excluding carboxylic acids is 1. The molecule has 0 saturated heterocycles. The molecule has 0 unspecified atom stereocenters. The summed E-state index contributed by atoms with van der Waals surface area (Å²) < 4.78 is 38.0. The van der Waals surface area contributed by atoms with Crippen LogP contribution in [0.5, 0.6) is 17.2 Å². The normalized spacial score (nSPS) is 21.7. The van der Waals surface area contributed by atoms with E-state index in [0.29, 0.717) is 35.8 Å². The number of halogens is 1. The number of rotatable bonds is 7. The van der Waals surface area contributed by atoms with Crippen LogP contribution in [-0.4, -0.2) is 31.4 Å². The highest BCUT2D eigenvalue weighted by atomic mass is 19.1. The Morgan fingerprint density at radius 3 is 2.58 bits per heavy atom. The SMILES string of the molecule is C=C1/C(F)=C\C=C(\c2c(C)cc(OC(C)(C)C#N)cc2C)CCC[C@H]1Oc1ccc2c(c1)OC[C@H]2CC(=O)OC. The summed E-state index contributed by atoms with van der Waals surface area (Å²) in [5.74, 6) is 1.09. The van der Waals surface area contributed by atoms with E-state index >= 15 is 4.39 Å². The van der Waals surface area contributed by atoms with E-state index < -0.39 is 17.5 Å². The van der Waals surface area contributed by atoms with Crippen LogP contribution in [0.15, 0.2) is 60.5 Å². The number of esters is 1. The fraction of sp³-hybridized carbons (Fsp3) is 0.394. The van der Waals surface area contributed by atoms with Gasteiger partial charge in [0.1, 0.15) is 35.2 Å². The summed E-state index contributed by atoms with van der Waals surface area (Å²) in [5, 5.41) is 9.32. The van der Waals surface area contributed by atoms with E-state index in [9.17, 15) is 10.1 Å². The number of benzene rings is 2. The van der Waals surface area contributed by atoms with Crippen molar-refractivity contribution < 1.29 is 28.1 Å². The summed E-state index contributed by atoms with van der Waals surface area (Å²) in [5.41, 5.74) is 4.36. The minimum atomic E-state index is -0.936. The van der Waals surface area contributed by atoms with Gasteiger partial charge in [0.2, 0.25) is 0 Å². The molecule has 2 aromatic rings. The van der Waals surface area contributed by atoms with Gasteiger partial charge in [-0.25, -0.2) is 4.39 Å². The summed E-state index contributed by atoms with van der Waals surface area (Å²) >= 11 is 0. The minimum absolute atomic E-state index is 0.0633. The number of methoxy groups -OCH3 is 1. The van der Waals surface area contributed by atoms with Crippen LogP contribution in [-0.2, 0) is 9.53 Å². The third-order valence-corrected chi connectivity index (χ3v) is 7.29. The van der Waals surface area contributed by atoms with Crippen molar-refractivity contribution in [2.45, 2.75) is 71.0 Å². The number of allylic oxidation sites excluding steroid dienone is 3. The Kier molecular flexibility index (Phi) is 8.68. The number of carbonyl (C=O) groups is 1. The van der Waals surface area contributed by atoms with Crippen molar-refractivity contribution in [1.82, 2.24) is 0 Å². The molecule has 2 aromatic carbocycles. The van der Waals surface area contributed by atoms with E-state index in [1.54, 1.807) is 19.9 Å². The molecular weight excluding hydrogens is 509 g/mol. The van der Waals surface area contributed by atoms with Crippen LogP contribution in [0.4, 0.5) is 4.39 Å². The van der Waals surface area contributed by atoms with E-state index in [1.807, 2.05) is 44.2 Å². The Bertz CT molecular complexity index is 1390. The van der Waals surface area contributed by atoms with Crippen molar-refractivity contribution in [3.63, 3.8) is 0 Å². The van der Waals surface area contributed by atoms with Crippen LogP contribution in [0, 0.1) is 25.2 Å². The molecule has 0 radical (unpaired) electrons. The second-order valence-corrected chi connectivity index (χ2v) is 10.9. The quantitative estimate of drug-likeness (QED) is 0.336. The van der Waals surface area contributed by atoms with Crippen LogP contribution in [0.3, 0.4) is 0 Å². The Hall–Kier alpha value is -4.05. The van der Waals surface area contributed by atoms with Gasteiger partial charge in [0.25, 0.3) is 0 Å².